The molecular formula is C12H14Cl2N2O. The zero-order valence-electron chi connectivity index (χ0n) is 9.52. The number of halogens is 2. The predicted molar refractivity (Wildman–Crippen MR) is 72.0 cm³/mol. The number of hydrogen-bond acceptors (Lipinski definition) is 2. The first kappa shape index (κ1) is 12.5. The molecule has 0 radical (unpaired) electrons. The topological polar surface area (TPSA) is 41.1 Å². The molecule has 5 heteroatoms. The molecule has 92 valence electrons. The smallest absolute Gasteiger partial charge is 0.226 e. The van der Waals surface area contributed by atoms with E-state index in [1.165, 1.54) is 0 Å². The van der Waals surface area contributed by atoms with Crippen LogP contribution < -0.4 is 10.6 Å². The third kappa shape index (κ3) is 2.85. The van der Waals surface area contributed by atoms with Gasteiger partial charge in [0.1, 0.15) is 0 Å². The number of carbonyl (C=O) groups excluding carboxylic acids is 1. The Balaban J connectivity index is 2.34. The maximum Gasteiger partial charge on any atom is 0.226 e. The van der Waals surface area contributed by atoms with Gasteiger partial charge in [0.05, 0.1) is 21.4 Å². The fourth-order valence-electron chi connectivity index (χ4n) is 1.99. The van der Waals surface area contributed by atoms with Gasteiger partial charge in [0, 0.05) is 12.5 Å². The van der Waals surface area contributed by atoms with Crippen molar-refractivity contribution < 1.29 is 4.79 Å². The first-order chi connectivity index (χ1) is 8.10. The van der Waals surface area contributed by atoms with Crippen LogP contribution in [-0.2, 0) is 4.79 Å². The average molecular weight is 273 g/mol. The van der Waals surface area contributed by atoms with Gasteiger partial charge in [-0.1, -0.05) is 36.5 Å². The first-order valence-corrected chi connectivity index (χ1v) is 6.41. The Kier molecular flexibility index (Phi) is 3.79. The summed E-state index contributed by atoms with van der Waals surface area (Å²) in [5.41, 5.74) is 1.53. The molecule has 0 saturated carbocycles. The zero-order chi connectivity index (χ0) is 12.4. The largest absolute Gasteiger partial charge is 0.380 e. The summed E-state index contributed by atoms with van der Waals surface area (Å²) in [5.74, 6) is 0.00749. The van der Waals surface area contributed by atoms with E-state index in [0.717, 1.165) is 18.5 Å². The minimum absolute atomic E-state index is 0.00749. The van der Waals surface area contributed by atoms with Crippen molar-refractivity contribution in [2.75, 3.05) is 10.6 Å². The average Bonchev–Trinajstić information content (AvgIpc) is 2.38. The Labute approximate surface area is 110 Å². The summed E-state index contributed by atoms with van der Waals surface area (Å²) in [6, 6.07) is 3.59. The molecule has 2 rings (SSSR count). The van der Waals surface area contributed by atoms with Gasteiger partial charge in [-0.25, -0.2) is 0 Å². The summed E-state index contributed by atoms with van der Waals surface area (Å²) in [6.45, 7) is 2.10. The van der Waals surface area contributed by atoms with Gasteiger partial charge in [-0.3, -0.25) is 4.79 Å². The Morgan fingerprint density at radius 1 is 1.29 bits per heavy atom. The lowest BCUT2D eigenvalue weighted by atomic mass is 10.1. The summed E-state index contributed by atoms with van der Waals surface area (Å²) in [4.78, 5) is 11.7. The van der Waals surface area contributed by atoms with Crippen LogP contribution in [-0.4, -0.2) is 11.9 Å². The van der Waals surface area contributed by atoms with Crippen molar-refractivity contribution in [2.24, 2.45) is 0 Å². The normalized spacial score (nSPS) is 19.0. The highest BCUT2D eigenvalue weighted by atomic mass is 35.5. The minimum atomic E-state index is 0.00749. The van der Waals surface area contributed by atoms with Crippen molar-refractivity contribution >= 4 is 40.5 Å². The number of benzene rings is 1. The van der Waals surface area contributed by atoms with E-state index in [9.17, 15) is 4.79 Å². The second kappa shape index (κ2) is 5.15. The molecule has 1 unspecified atom stereocenters. The van der Waals surface area contributed by atoms with Crippen LogP contribution in [0, 0.1) is 0 Å². The second-order valence-corrected chi connectivity index (χ2v) is 5.01. The van der Waals surface area contributed by atoms with E-state index in [2.05, 4.69) is 17.6 Å². The van der Waals surface area contributed by atoms with E-state index < -0.39 is 0 Å². The Hall–Kier alpha value is -0.930. The fraction of sp³-hybridized carbons (Fsp3) is 0.417. The lowest BCUT2D eigenvalue weighted by molar-refractivity contribution is -0.116. The van der Waals surface area contributed by atoms with E-state index in [1.807, 2.05) is 0 Å². The van der Waals surface area contributed by atoms with E-state index in [0.29, 0.717) is 22.2 Å². The van der Waals surface area contributed by atoms with Gasteiger partial charge in [0.2, 0.25) is 5.91 Å². The maximum absolute atomic E-state index is 11.7. The van der Waals surface area contributed by atoms with Gasteiger partial charge in [-0.15, -0.1) is 0 Å². The van der Waals surface area contributed by atoms with Gasteiger partial charge in [0.25, 0.3) is 0 Å². The Bertz CT molecular complexity index is 448. The number of hydrogen-bond donors (Lipinski definition) is 2. The summed E-state index contributed by atoms with van der Waals surface area (Å²) in [5, 5.41) is 7.10. The summed E-state index contributed by atoms with van der Waals surface area (Å²) in [7, 11) is 0. The van der Waals surface area contributed by atoms with Gasteiger partial charge in [-0.05, 0) is 18.6 Å². The summed E-state index contributed by atoms with van der Waals surface area (Å²) in [6.07, 6.45) is 2.45. The minimum Gasteiger partial charge on any atom is -0.380 e. The van der Waals surface area contributed by atoms with Crippen LogP contribution in [0.5, 0.6) is 0 Å². The zero-order valence-corrected chi connectivity index (χ0v) is 11.0. The van der Waals surface area contributed by atoms with Crippen molar-refractivity contribution in [1.29, 1.82) is 0 Å². The molecule has 0 spiro atoms. The molecule has 1 aromatic carbocycles. The number of anilines is 2. The van der Waals surface area contributed by atoms with Crippen LogP contribution in [0.4, 0.5) is 11.4 Å². The molecule has 2 N–H and O–H groups in total. The molecule has 1 atom stereocenters. The fourth-order valence-corrected chi connectivity index (χ4v) is 2.32. The lowest BCUT2D eigenvalue weighted by Crippen LogP contribution is -2.22. The first-order valence-electron chi connectivity index (χ1n) is 5.65. The summed E-state index contributed by atoms with van der Waals surface area (Å²) < 4.78 is 0. The molecular weight excluding hydrogens is 259 g/mol. The highest BCUT2D eigenvalue weighted by Crippen LogP contribution is 2.35. The molecule has 1 aliphatic rings. The van der Waals surface area contributed by atoms with Crippen molar-refractivity contribution in [3.63, 3.8) is 0 Å². The van der Waals surface area contributed by atoms with Gasteiger partial charge in [-0.2, -0.15) is 0 Å². The number of nitrogens with one attached hydrogen (secondary N) is 2. The van der Waals surface area contributed by atoms with E-state index >= 15 is 0 Å². The third-order valence-electron chi connectivity index (χ3n) is 2.76. The Morgan fingerprint density at radius 3 is 2.59 bits per heavy atom. The molecule has 0 aliphatic carbocycles. The molecule has 0 fully saturated rings. The van der Waals surface area contributed by atoms with Crippen molar-refractivity contribution in [3.8, 4) is 0 Å². The van der Waals surface area contributed by atoms with Gasteiger partial charge >= 0.3 is 0 Å². The standard InChI is InChI=1S/C12H14Cl2N2O/c1-2-3-7-4-12(17)16-11-6-9(14)8(13)5-10(11)15-7/h5-7,15H,2-4H2,1H3,(H,16,17). The monoisotopic (exact) mass is 272 g/mol. The SMILES string of the molecule is CCCC1CC(=O)Nc2cc(Cl)c(Cl)cc2N1. The number of amides is 1. The van der Waals surface area contributed by atoms with Crippen molar-refractivity contribution in [1.82, 2.24) is 0 Å². The summed E-state index contributed by atoms with van der Waals surface area (Å²) >= 11 is 11.9. The van der Waals surface area contributed by atoms with Crippen molar-refractivity contribution in [2.45, 2.75) is 32.2 Å². The lowest BCUT2D eigenvalue weighted by Gasteiger charge is -2.16. The van der Waals surface area contributed by atoms with Crippen LogP contribution in [0.1, 0.15) is 26.2 Å². The molecule has 1 heterocycles. The highest BCUT2D eigenvalue weighted by molar-refractivity contribution is 6.42. The van der Waals surface area contributed by atoms with Crippen LogP contribution in [0.2, 0.25) is 10.0 Å². The van der Waals surface area contributed by atoms with Crippen LogP contribution in [0.3, 0.4) is 0 Å². The Morgan fingerprint density at radius 2 is 1.94 bits per heavy atom. The molecule has 0 saturated heterocycles. The predicted octanol–water partition coefficient (Wildman–Crippen LogP) is 3.92. The molecule has 0 bridgehead atoms. The van der Waals surface area contributed by atoms with E-state index in [-0.39, 0.29) is 11.9 Å². The van der Waals surface area contributed by atoms with Crippen LogP contribution in [0.15, 0.2) is 12.1 Å². The number of fused-ring (bicyclic) bond motifs is 1. The van der Waals surface area contributed by atoms with Crippen LogP contribution in [0.25, 0.3) is 0 Å². The molecule has 17 heavy (non-hydrogen) atoms. The number of carbonyl (C=O) groups is 1. The van der Waals surface area contributed by atoms with Crippen molar-refractivity contribution in [3.05, 3.63) is 22.2 Å². The molecule has 3 nitrogen and oxygen atoms in total. The second-order valence-electron chi connectivity index (χ2n) is 4.19. The van der Waals surface area contributed by atoms with Crippen LogP contribution >= 0.6 is 23.2 Å². The highest BCUT2D eigenvalue weighted by Gasteiger charge is 2.20. The van der Waals surface area contributed by atoms with E-state index in [4.69, 9.17) is 23.2 Å². The quantitative estimate of drug-likeness (QED) is 0.857. The molecule has 1 aliphatic heterocycles. The molecule has 1 aromatic rings. The van der Waals surface area contributed by atoms with Gasteiger partial charge in [0.15, 0.2) is 0 Å². The molecule has 0 aromatic heterocycles. The third-order valence-corrected chi connectivity index (χ3v) is 3.49. The molecule has 1 amide bonds. The number of rotatable bonds is 2. The van der Waals surface area contributed by atoms with E-state index in [1.54, 1.807) is 12.1 Å². The maximum atomic E-state index is 11.7. The van der Waals surface area contributed by atoms with Gasteiger partial charge < -0.3 is 10.6 Å².